The van der Waals surface area contributed by atoms with E-state index < -0.39 is 17.3 Å². The second-order valence-corrected chi connectivity index (χ2v) is 7.06. The number of benzene rings is 1. The van der Waals surface area contributed by atoms with Crippen LogP contribution in [0.5, 0.6) is 0 Å². The fourth-order valence-corrected chi connectivity index (χ4v) is 3.87. The zero-order chi connectivity index (χ0) is 20.2. The van der Waals surface area contributed by atoms with Crippen LogP contribution in [0.3, 0.4) is 0 Å². The first kappa shape index (κ1) is 21.2. The van der Waals surface area contributed by atoms with E-state index >= 15 is 0 Å². The second-order valence-electron chi connectivity index (χ2n) is 7.06. The zero-order valence-electron chi connectivity index (χ0n) is 16.9. The molecule has 150 valence electrons. The fraction of sp³-hybridized carbons (Fsp3) is 0.571. The minimum Gasteiger partial charge on any atom is -0.465 e. The van der Waals surface area contributed by atoms with Crippen molar-refractivity contribution in [2.24, 2.45) is 5.41 Å². The molecule has 4 nitrogen and oxygen atoms in total. The number of ether oxygens (including phenoxy) is 1. The van der Waals surface area contributed by atoms with Gasteiger partial charge in [-0.25, -0.2) is 13.6 Å². The van der Waals surface area contributed by atoms with Crippen LogP contribution < -0.4 is 5.32 Å². The van der Waals surface area contributed by atoms with Gasteiger partial charge in [0.1, 0.15) is 0 Å². The molecule has 1 spiro atoms. The predicted octanol–water partition coefficient (Wildman–Crippen LogP) is 5.02. The Morgan fingerprint density at radius 2 is 1.96 bits per heavy atom. The van der Waals surface area contributed by atoms with Crippen molar-refractivity contribution >= 4 is 17.4 Å². The Hall–Kier alpha value is -2.11. The highest BCUT2D eigenvalue weighted by molar-refractivity contribution is 5.92. The highest BCUT2D eigenvalue weighted by Crippen LogP contribution is 2.57. The van der Waals surface area contributed by atoms with Gasteiger partial charge in [0, 0.05) is 55.3 Å². The first-order chi connectivity index (χ1) is 12.8. The monoisotopic (exact) mass is 380 g/mol. The van der Waals surface area contributed by atoms with Crippen molar-refractivity contribution < 1.29 is 18.3 Å². The summed E-state index contributed by atoms with van der Waals surface area (Å²) in [4.78, 5) is 13.9. The summed E-state index contributed by atoms with van der Waals surface area (Å²) in [6.45, 7) is 7.41. The Bertz CT molecular complexity index is 708. The van der Waals surface area contributed by atoms with E-state index in [1.165, 1.54) is 7.11 Å². The molecule has 27 heavy (non-hydrogen) atoms. The number of carbonyl (C=O) groups excluding carboxylic acids is 1. The van der Waals surface area contributed by atoms with Crippen molar-refractivity contribution in [2.45, 2.75) is 46.0 Å². The zero-order valence-corrected chi connectivity index (χ0v) is 16.9. The van der Waals surface area contributed by atoms with Gasteiger partial charge in [0.2, 0.25) is 5.92 Å². The van der Waals surface area contributed by atoms with Crippen molar-refractivity contribution in [3.05, 3.63) is 35.4 Å². The maximum absolute atomic E-state index is 13.5. The van der Waals surface area contributed by atoms with Crippen LogP contribution in [0.1, 0.15) is 56.0 Å². The quantitative estimate of drug-likeness (QED) is 0.745. The Morgan fingerprint density at radius 1 is 1.30 bits per heavy atom. The molecule has 1 aromatic carbocycles. The third-order valence-electron chi connectivity index (χ3n) is 5.10. The van der Waals surface area contributed by atoms with Gasteiger partial charge in [0.05, 0.1) is 12.7 Å². The van der Waals surface area contributed by atoms with Crippen molar-refractivity contribution in [2.75, 3.05) is 32.6 Å². The molecule has 1 aliphatic heterocycles. The van der Waals surface area contributed by atoms with Gasteiger partial charge in [0.15, 0.2) is 0 Å². The number of esters is 1. The van der Waals surface area contributed by atoms with Crippen LogP contribution in [-0.4, -0.2) is 44.0 Å². The summed E-state index contributed by atoms with van der Waals surface area (Å²) < 4.78 is 31.7. The smallest absolute Gasteiger partial charge is 0.337 e. The van der Waals surface area contributed by atoms with E-state index in [4.69, 9.17) is 4.74 Å². The first-order valence-electron chi connectivity index (χ1n) is 9.58. The summed E-state index contributed by atoms with van der Waals surface area (Å²) in [5, 5.41) is 3.27. The molecular formula is C21H30F2N2O2. The number of carbonyl (C=O) groups is 1. The van der Waals surface area contributed by atoms with E-state index in [-0.39, 0.29) is 12.8 Å². The van der Waals surface area contributed by atoms with E-state index in [1.54, 1.807) is 12.1 Å². The van der Waals surface area contributed by atoms with Crippen LogP contribution in [-0.2, 0) is 4.74 Å². The average molecular weight is 380 g/mol. The maximum Gasteiger partial charge on any atom is 0.337 e. The molecule has 0 saturated heterocycles. The van der Waals surface area contributed by atoms with Crippen LogP contribution in [0.25, 0.3) is 5.70 Å². The molecule has 1 saturated carbocycles. The number of methoxy groups -OCH3 is 1. The Morgan fingerprint density at radius 3 is 2.52 bits per heavy atom. The SMILES string of the molecule is CC.CCNc1cc(C(=O)OC)ccc1C1=CC2(CCN1C)CC(F)(F)C2. The van der Waals surface area contributed by atoms with Gasteiger partial charge >= 0.3 is 5.97 Å². The summed E-state index contributed by atoms with van der Waals surface area (Å²) >= 11 is 0. The van der Waals surface area contributed by atoms with Gasteiger partial charge in [-0.05, 0) is 31.5 Å². The number of nitrogens with one attached hydrogen (secondary N) is 1. The minimum absolute atomic E-state index is 0.0753. The normalized spacial score (nSPS) is 19.4. The van der Waals surface area contributed by atoms with Crippen molar-refractivity contribution in [3.63, 3.8) is 0 Å². The predicted molar refractivity (Wildman–Crippen MR) is 105 cm³/mol. The summed E-state index contributed by atoms with van der Waals surface area (Å²) in [5.74, 6) is -2.94. The molecule has 0 amide bonds. The molecular weight excluding hydrogens is 350 g/mol. The van der Waals surface area contributed by atoms with Crippen LogP contribution >= 0.6 is 0 Å². The van der Waals surface area contributed by atoms with E-state index in [2.05, 4.69) is 10.2 Å². The third kappa shape index (κ3) is 4.42. The Kier molecular flexibility index (Phi) is 6.50. The number of hydrogen-bond acceptors (Lipinski definition) is 4. The van der Waals surface area contributed by atoms with Gasteiger partial charge in [0.25, 0.3) is 0 Å². The molecule has 0 bridgehead atoms. The summed E-state index contributed by atoms with van der Waals surface area (Å²) in [7, 11) is 3.32. The minimum atomic E-state index is -2.54. The van der Waals surface area contributed by atoms with Crippen LogP contribution in [0.4, 0.5) is 14.5 Å². The summed E-state index contributed by atoms with van der Waals surface area (Å²) in [5.41, 5.74) is 2.73. The number of halogens is 2. The Labute approximate surface area is 160 Å². The number of nitrogens with zero attached hydrogens (tertiary/aromatic N) is 1. The Balaban J connectivity index is 0.00000126. The molecule has 1 heterocycles. The van der Waals surface area contributed by atoms with Crippen LogP contribution in [0.15, 0.2) is 24.3 Å². The van der Waals surface area contributed by atoms with Gasteiger partial charge < -0.3 is 15.0 Å². The van der Waals surface area contributed by atoms with Gasteiger partial charge in [-0.15, -0.1) is 0 Å². The van der Waals surface area contributed by atoms with Gasteiger partial charge in [-0.1, -0.05) is 19.9 Å². The van der Waals surface area contributed by atoms with E-state index in [0.717, 1.165) is 29.9 Å². The molecule has 1 fully saturated rings. The lowest BCUT2D eigenvalue weighted by Crippen LogP contribution is -2.48. The van der Waals surface area contributed by atoms with E-state index in [0.29, 0.717) is 12.1 Å². The molecule has 0 aromatic heterocycles. The van der Waals surface area contributed by atoms with Crippen LogP contribution in [0.2, 0.25) is 0 Å². The summed E-state index contributed by atoms with van der Waals surface area (Å²) in [6, 6.07) is 5.34. The molecule has 0 radical (unpaired) electrons. The average Bonchev–Trinajstić information content (AvgIpc) is 2.63. The molecule has 2 aliphatic rings. The lowest BCUT2D eigenvalue weighted by atomic mass is 9.62. The molecule has 3 rings (SSSR count). The molecule has 1 N–H and O–H groups in total. The number of allylic oxidation sites excluding steroid dienone is 1. The van der Waals surface area contributed by atoms with Gasteiger partial charge in [-0.3, -0.25) is 0 Å². The number of rotatable bonds is 4. The fourth-order valence-electron chi connectivity index (χ4n) is 3.87. The highest BCUT2D eigenvalue weighted by Gasteiger charge is 2.56. The number of hydrogen-bond donors (Lipinski definition) is 1. The van der Waals surface area contributed by atoms with E-state index in [1.807, 2.05) is 40.0 Å². The highest BCUT2D eigenvalue weighted by atomic mass is 19.3. The van der Waals surface area contributed by atoms with Crippen molar-refractivity contribution in [1.82, 2.24) is 4.90 Å². The van der Waals surface area contributed by atoms with Crippen molar-refractivity contribution in [1.29, 1.82) is 0 Å². The molecule has 0 unspecified atom stereocenters. The lowest BCUT2D eigenvalue weighted by molar-refractivity contribution is -0.146. The molecule has 1 aliphatic carbocycles. The van der Waals surface area contributed by atoms with Gasteiger partial charge in [-0.2, -0.15) is 0 Å². The summed E-state index contributed by atoms with van der Waals surface area (Å²) in [6.07, 6.45) is 2.60. The lowest BCUT2D eigenvalue weighted by Gasteiger charge is -2.50. The third-order valence-corrected chi connectivity index (χ3v) is 5.10. The van der Waals surface area contributed by atoms with Crippen LogP contribution in [0, 0.1) is 5.41 Å². The molecule has 0 atom stereocenters. The molecule has 6 heteroatoms. The largest absolute Gasteiger partial charge is 0.465 e. The topological polar surface area (TPSA) is 41.6 Å². The van der Waals surface area contributed by atoms with E-state index in [9.17, 15) is 13.6 Å². The standard InChI is InChI=1S/C19H24F2N2O2.C2H6/c1-4-22-15-9-13(17(24)25-3)5-6-14(15)16-10-18(7-8-23(16)2)11-19(20,21)12-18;1-2/h5-6,9-10,22H,4,7-8,11-12H2,1-3H3;1-2H3. The number of anilines is 1. The number of alkyl halides is 2. The van der Waals surface area contributed by atoms with Crippen molar-refractivity contribution in [3.8, 4) is 0 Å². The maximum atomic E-state index is 13.5. The first-order valence-corrected chi connectivity index (χ1v) is 9.58. The molecule has 1 aromatic rings. The second kappa shape index (κ2) is 8.28.